The van der Waals surface area contributed by atoms with Crippen LogP contribution in [-0.2, 0) is 9.53 Å². The zero-order chi connectivity index (χ0) is 25.1. The first-order chi connectivity index (χ1) is 16.8. The van der Waals surface area contributed by atoms with Gasteiger partial charge in [-0.05, 0) is 43.0 Å². The summed E-state index contributed by atoms with van der Waals surface area (Å²) in [5, 5.41) is 14.0. The van der Waals surface area contributed by atoms with Gasteiger partial charge in [0.25, 0.3) is 5.91 Å². The van der Waals surface area contributed by atoms with Crippen molar-refractivity contribution in [3.63, 3.8) is 0 Å². The monoisotopic (exact) mass is 493 g/mol. The lowest BCUT2D eigenvalue weighted by molar-refractivity contribution is -0.138. The Balaban J connectivity index is 1.38. The lowest BCUT2D eigenvalue weighted by Crippen LogP contribution is -2.40. The van der Waals surface area contributed by atoms with Crippen molar-refractivity contribution >= 4 is 29.3 Å². The molecule has 1 aliphatic carbocycles. The molecule has 0 aliphatic heterocycles. The highest BCUT2D eigenvalue weighted by molar-refractivity contribution is 7.09. The lowest BCUT2D eigenvalue weighted by Gasteiger charge is -2.23. The second kappa shape index (κ2) is 10.3. The predicted molar refractivity (Wildman–Crippen MR) is 133 cm³/mol. The number of amides is 2. The molecule has 4 rings (SSSR count). The third-order valence-electron chi connectivity index (χ3n) is 5.98. The first-order valence-electron chi connectivity index (χ1n) is 11.4. The largest absolute Gasteiger partial charge is 0.480 e. The van der Waals surface area contributed by atoms with Gasteiger partial charge < -0.3 is 20.1 Å². The fourth-order valence-corrected chi connectivity index (χ4v) is 5.05. The molecule has 0 fully saturated rings. The van der Waals surface area contributed by atoms with Gasteiger partial charge in [0.05, 0.1) is 6.04 Å². The molecule has 0 spiro atoms. The lowest BCUT2D eigenvalue weighted by atomic mass is 9.98. The molecule has 0 saturated heterocycles. The van der Waals surface area contributed by atoms with Gasteiger partial charge in [-0.25, -0.2) is 9.78 Å². The summed E-state index contributed by atoms with van der Waals surface area (Å²) in [6, 6.07) is 15.5. The smallest absolute Gasteiger partial charge is 0.407 e. The SMILES string of the molecule is CC(NC(=O)OCC1c2ccccc2-c2ccccc21)c1nc(C(=O)N(CC(=O)O)C(C)C)cs1. The van der Waals surface area contributed by atoms with Crippen LogP contribution in [0, 0.1) is 0 Å². The molecule has 2 N–H and O–H groups in total. The third kappa shape index (κ3) is 5.19. The highest BCUT2D eigenvalue weighted by Crippen LogP contribution is 2.44. The van der Waals surface area contributed by atoms with E-state index < -0.39 is 30.6 Å². The number of nitrogens with one attached hydrogen (secondary N) is 1. The minimum Gasteiger partial charge on any atom is -0.480 e. The highest BCUT2D eigenvalue weighted by atomic mass is 32.1. The number of ether oxygens (including phenoxy) is 1. The molecule has 1 aromatic heterocycles. The molecule has 0 radical (unpaired) electrons. The molecule has 1 atom stereocenters. The van der Waals surface area contributed by atoms with Gasteiger partial charge in [-0.3, -0.25) is 9.59 Å². The van der Waals surface area contributed by atoms with Gasteiger partial charge in [-0.15, -0.1) is 11.3 Å². The molecule has 0 saturated carbocycles. The average molecular weight is 494 g/mol. The fraction of sp³-hybridized carbons (Fsp3) is 0.308. The number of carboxylic acid groups (broad SMARTS) is 1. The molecule has 2 amide bonds. The number of carbonyl (C=O) groups excluding carboxylic acids is 2. The molecule has 2 aromatic carbocycles. The van der Waals surface area contributed by atoms with Crippen LogP contribution in [-0.4, -0.2) is 52.2 Å². The molecule has 3 aromatic rings. The van der Waals surface area contributed by atoms with E-state index in [2.05, 4.69) is 34.6 Å². The normalized spacial score (nSPS) is 13.1. The van der Waals surface area contributed by atoms with Crippen LogP contribution < -0.4 is 5.32 Å². The zero-order valence-corrected chi connectivity index (χ0v) is 20.5. The van der Waals surface area contributed by atoms with Crippen molar-refractivity contribution < 1.29 is 24.2 Å². The van der Waals surface area contributed by atoms with Crippen molar-refractivity contribution in [1.29, 1.82) is 0 Å². The number of rotatable bonds is 8. The van der Waals surface area contributed by atoms with Crippen LogP contribution in [0.5, 0.6) is 0 Å². The molecule has 35 heavy (non-hydrogen) atoms. The summed E-state index contributed by atoms with van der Waals surface area (Å²) in [7, 11) is 0. The van der Waals surface area contributed by atoms with Gasteiger partial charge in [0.1, 0.15) is 23.9 Å². The molecular formula is C26H27N3O5S. The predicted octanol–water partition coefficient (Wildman–Crippen LogP) is 4.68. The number of aliphatic carboxylic acids is 1. The van der Waals surface area contributed by atoms with Crippen molar-refractivity contribution in [2.45, 2.75) is 38.8 Å². The minimum atomic E-state index is -1.09. The van der Waals surface area contributed by atoms with Crippen LogP contribution in [0.4, 0.5) is 4.79 Å². The Labute approximate surface area is 207 Å². The van der Waals surface area contributed by atoms with Gasteiger partial charge in [-0.1, -0.05) is 48.5 Å². The molecule has 182 valence electrons. The number of fused-ring (bicyclic) bond motifs is 3. The number of benzene rings is 2. The molecule has 0 bridgehead atoms. The summed E-state index contributed by atoms with van der Waals surface area (Å²) in [6.07, 6.45) is -0.572. The second-order valence-electron chi connectivity index (χ2n) is 8.68. The topological polar surface area (TPSA) is 109 Å². The summed E-state index contributed by atoms with van der Waals surface area (Å²) in [6.45, 7) is 5.04. The van der Waals surface area contributed by atoms with E-state index in [0.29, 0.717) is 5.01 Å². The Kier molecular flexibility index (Phi) is 7.16. The summed E-state index contributed by atoms with van der Waals surface area (Å²) in [5.74, 6) is -1.59. The number of thiazole rings is 1. The van der Waals surface area contributed by atoms with E-state index in [1.807, 2.05) is 24.3 Å². The molecule has 1 unspecified atom stereocenters. The Morgan fingerprint density at radius 1 is 1.06 bits per heavy atom. The van der Waals surface area contributed by atoms with Crippen molar-refractivity contribution in [3.05, 3.63) is 75.7 Å². The third-order valence-corrected chi connectivity index (χ3v) is 7.01. The number of hydrogen-bond donors (Lipinski definition) is 2. The van der Waals surface area contributed by atoms with Crippen LogP contribution in [0.2, 0.25) is 0 Å². The van der Waals surface area contributed by atoms with Crippen LogP contribution in [0.25, 0.3) is 11.1 Å². The Morgan fingerprint density at radius 2 is 1.66 bits per heavy atom. The molecular weight excluding hydrogens is 466 g/mol. The summed E-state index contributed by atoms with van der Waals surface area (Å²) >= 11 is 1.22. The summed E-state index contributed by atoms with van der Waals surface area (Å²) in [5.41, 5.74) is 4.73. The van der Waals surface area contributed by atoms with E-state index in [4.69, 9.17) is 9.84 Å². The quantitative estimate of drug-likeness (QED) is 0.472. The second-order valence-corrected chi connectivity index (χ2v) is 9.57. The van der Waals surface area contributed by atoms with Crippen LogP contribution in [0.1, 0.15) is 59.4 Å². The van der Waals surface area contributed by atoms with Crippen molar-refractivity contribution in [2.24, 2.45) is 0 Å². The van der Waals surface area contributed by atoms with Crippen molar-refractivity contribution in [1.82, 2.24) is 15.2 Å². The van der Waals surface area contributed by atoms with Crippen LogP contribution in [0.15, 0.2) is 53.9 Å². The maximum atomic E-state index is 12.7. The maximum Gasteiger partial charge on any atom is 0.407 e. The Bertz CT molecular complexity index is 1210. The highest BCUT2D eigenvalue weighted by Gasteiger charge is 2.29. The standard InChI is InChI=1S/C26H27N3O5S/c1-15(2)29(12-23(30)31)25(32)22-14-35-24(28-22)16(3)27-26(33)34-13-21-19-10-6-4-8-17(19)18-9-5-7-11-20(18)21/h4-11,14-16,21H,12-13H2,1-3H3,(H,27,33)(H,30,31). The van der Waals surface area contributed by atoms with Crippen molar-refractivity contribution in [3.8, 4) is 11.1 Å². The van der Waals surface area contributed by atoms with Gasteiger partial charge in [-0.2, -0.15) is 0 Å². The van der Waals surface area contributed by atoms with E-state index in [1.54, 1.807) is 26.2 Å². The maximum absolute atomic E-state index is 12.7. The summed E-state index contributed by atoms with van der Waals surface area (Å²) < 4.78 is 5.59. The van der Waals surface area contributed by atoms with Crippen LogP contribution in [0.3, 0.4) is 0 Å². The number of aromatic nitrogens is 1. The zero-order valence-electron chi connectivity index (χ0n) is 19.7. The van der Waals surface area contributed by atoms with E-state index in [0.717, 1.165) is 22.3 Å². The number of hydrogen-bond acceptors (Lipinski definition) is 6. The van der Waals surface area contributed by atoms with E-state index in [9.17, 15) is 14.4 Å². The van der Waals surface area contributed by atoms with E-state index in [-0.39, 0.29) is 24.3 Å². The number of nitrogens with zero attached hydrogens (tertiary/aromatic N) is 2. The van der Waals surface area contributed by atoms with Gasteiger partial charge in [0.15, 0.2) is 0 Å². The van der Waals surface area contributed by atoms with Crippen LogP contribution >= 0.6 is 11.3 Å². The summed E-state index contributed by atoms with van der Waals surface area (Å²) in [4.78, 5) is 42.0. The first-order valence-corrected chi connectivity index (χ1v) is 12.2. The number of carbonyl (C=O) groups is 3. The molecule has 8 nitrogen and oxygen atoms in total. The van der Waals surface area contributed by atoms with Crippen molar-refractivity contribution in [2.75, 3.05) is 13.2 Å². The number of alkyl carbamates (subject to hydrolysis) is 1. The first kappa shape index (κ1) is 24.4. The Hall–Kier alpha value is -3.72. The minimum absolute atomic E-state index is 0.0382. The van der Waals surface area contributed by atoms with Gasteiger partial charge in [0, 0.05) is 17.3 Å². The fourth-order valence-electron chi connectivity index (χ4n) is 4.25. The van der Waals surface area contributed by atoms with E-state index in [1.165, 1.54) is 16.2 Å². The molecule has 9 heteroatoms. The average Bonchev–Trinajstić information content (AvgIpc) is 3.44. The molecule has 1 heterocycles. The van der Waals surface area contributed by atoms with Gasteiger partial charge >= 0.3 is 12.1 Å². The molecule has 1 aliphatic rings. The van der Waals surface area contributed by atoms with Gasteiger partial charge in [0.2, 0.25) is 0 Å². The number of carboxylic acids is 1. The van der Waals surface area contributed by atoms with E-state index >= 15 is 0 Å². The Morgan fingerprint density at radius 3 is 2.23 bits per heavy atom.